The summed E-state index contributed by atoms with van der Waals surface area (Å²) in [6.07, 6.45) is 2.01. The van der Waals surface area contributed by atoms with Gasteiger partial charge in [0.2, 0.25) is 0 Å². The summed E-state index contributed by atoms with van der Waals surface area (Å²) in [5, 5.41) is 25.0. The van der Waals surface area contributed by atoms with Gasteiger partial charge in [0.1, 0.15) is 23.0 Å². The predicted molar refractivity (Wildman–Crippen MR) is 252 cm³/mol. The van der Waals surface area contributed by atoms with Crippen molar-refractivity contribution in [2.45, 2.75) is 130 Å². The van der Waals surface area contributed by atoms with Gasteiger partial charge in [-0.15, -0.1) is 0 Å². The average Bonchev–Trinajstić information content (AvgIpc) is 3.12. The molecule has 0 saturated heterocycles. The lowest BCUT2D eigenvalue weighted by Crippen LogP contribution is -2.17. The first-order valence-electron chi connectivity index (χ1n) is 21.6. The molecule has 0 fully saturated rings. The number of rotatable bonds is 0. The van der Waals surface area contributed by atoms with Gasteiger partial charge >= 0.3 is 0 Å². The molecular formula is C52H70O5S2. The first-order chi connectivity index (χ1) is 27.6. The maximum absolute atomic E-state index is 12.5. The standard InChI is InChI=1S/C52H70O5S2/c1-49(2,3)41-25-33-21-37-29-43(51(7,8)9)31-39-23-35-27-42(50(4,5)6)28-36(46(35)54)24-40-32-44(52(10,11)12)30-38(22-34(26-41)45(33)53)48(40)57-16-20-59-18-14-55-13-17-58-19-15-56-47(37)39/h25-32,53-54H,13-24H2,1-12H3. The molecule has 0 amide bonds. The number of hydrogen-bond acceptors (Lipinski definition) is 7. The lowest BCUT2D eigenvalue weighted by Gasteiger charge is -2.28. The minimum Gasteiger partial charge on any atom is -0.507 e. The van der Waals surface area contributed by atoms with Crippen molar-refractivity contribution >= 4 is 23.5 Å². The Morgan fingerprint density at radius 3 is 0.864 bits per heavy atom. The van der Waals surface area contributed by atoms with Crippen molar-refractivity contribution in [2.75, 3.05) is 49.4 Å². The first kappa shape index (κ1) is 45.3. The first-order valence-corrected chi connectivity index (χ1v) is 23.9. The third-order valence-corrected chi connectivity index (χ3v) is 13.5. The summed E-state index contributed by atoms with van der Waals surface area (Å²) in [4.78, 5) is 0. The Labute approximate surface area is 364 Å². The zero-order valence-corrected chi connectivity index (χ0v) is 39.7. The van der Waals surface area contributed by atoms with E-state index in [0.717, 1.165) is 79.0 Å². The van der Waals surface area contributed by atoms with Gasteiger partial charge in [0.15, 0.2) is 0 Å². The summed E-state index contributed by atoms with van der Waals surface area (Å²) >= 11 is 3.69. The zero-order chi connectivity index (χ0) is 42.9. The molecule has 0 spiro atoms. The molecule has 0 unspecified atom stereocenters. The van der Waals surface area contributed by atoms with Gasteiger partial charge in [-0.1, -0.05) is 132 Å². The highest BCUT2D eigenvalue weighted by Gasteiger charge is 2.28. The van der Waals surface area contributed by atoms with Gasteiger partial charge in [-0.25, -0.2) is 0 Å². The third kappa shape index (κ3) is 11.2. The molecule has 0 radical (unpaired) electrons. The molecule has 4 aromatic carbocycles. The van der Waals surface area contributed by atoms with E-state index in [0.29, 0.717) is 63.6 Å². The molecule has 1 heterocycles. The molecule has 0 aromatic heterocycles. The van der Waals surface area contributed by atoms with Gasteiger partial charge in [-0.05, 0) is 88.4 Å². The molecule has 1 aliphatic heterocycles. The van der Waals surface area contributed by atoms with E-state index in [2.05, 4.69) is 132 Å². The number of phenols is 2. The molecule has 0 atom stereocenters. The number of benzene rings is 4. The molecule has 0 saturated carbocycles. The molecule has 4 aromatic rings. The Hall–Kier alpha value is -3.26. The molecule has 10 bridgehead atoms. The monoisotopic (exact) mass is 838 g/mol. The summed E-state index contributed by atoms with van der Waals surface area (Å²) in [6, 6.07) is 18.0. The molecule has 1 aliphatic carbocycles. The van der Waals surface area contributed by atoms with E-state index in [-0.39, 0.29) is 21.7 Å². The van der Waals surface area contributed by atoms with Crippen LogP contribution in [0.5, 0.6) is 23.0 Å². The fourth-order valence-electron chi connectivity index (χ4n) is 7.96. The maximum Gasteiger partial charge on any atom is 0.126 e. The largest absolute Gasteiger partial charge is 0.507 e. The minimum absolute atomic E-state index is 0.148. The van der Waals surface area contributed by atoms with Crippen molar-refractivity contribution in [2.24, 2.45) is 0 Å². The minimum atomic E-state index is -0.151. The number of phenolic OH excluding ortho intramolecular Hbond substituents is 2. The second-order valence-corrected chi connectivity index (χ2v) is 23.2. The summed E-state index contributed by atoms with van der Waals surface area (Å²) in [7, 11) is 0. The van der Waals surface area contributed by atoms with E-state index in [1.807, 2.05) is 23.5 Å². The third-order valence-electron chi connectivity index (χ3n) is 11.7. The van der Waals surface area contributed by atoms with Crippen LogP contribution in [0.3, 0.4) is 0 Å². The Bertz CT molecular complexity index is 1880. The van der Waals surface area contributed by atoms with Crippen LogP contribution in [0.2, 0.25) is 0 Å². The van der Waals surface area contributed by atoms with E-state index < -0.39 is 0 Å². The van der Waals surface area contributed by atoms with E-state index in [4.69, 9.17) is 14.2 Å². The number of ether oxygens (including phenoxy) is 3. The molecule has 59 heavy (non-hydrogen) atoms. The SMILES string of the molecule is CC(C)(C)c1cc2c(O)c(c1)Cc1cc(C(C)(C)C)cc3c1OCCSCCOCCSCCOc1c(cc(C(C)(C)C)cc1Cc1cc(C(C)(C)C)cc(c1O)C3)C2. The summed E-state index contributed by atoms with van der Waals surface area (Å²) in [5.74, 6) is 5.83. The van der Waals surface area contributed by atoms with Crippen LogP contribution in [0.15, 0.2) is 48.5 Å². The maximum atomic E-state index is 12.5. The Morgan fingerprint density at radius 1 is 0.373 bits per heavy atom. The highest BCUT2D eigenvalue weighted by molar-refractivity contribution is 7.99. The van der Waals surface area contributed by atoms with Crippen LogP contribution in [0.1, 0.15) is 150 Å². The van der Waals surface area contributed by atoms with Crippen molar-refractivity contribution in [1.29, 1.82) is 0 Å². The quantitative estimate of drug-likeness (QED) is 0.161. The van der Waals surface area contributed by atoms with E-state index in [1.54, 1.807) is 0 Å². The average molecular weight is 839 g/mol. The van der Waals surface area contributed by atoms with Crippen LogP contribution in [0.4, 0.5) is 0 Å². The molecule has 6 rings (SSSR count). The van der Waals surface area contributed by atoms with E-state index in [1.165, 1.54) is 22.3 Å². The number of aromatic hydroxyl groups is 2. The Morgan fingerprint density at radius 2 is 0.610 bits per heavy atom. The van der Waals surface area contributed by atoms with Crippen LogP contribution in [-0.4, -0.2) is 59.7 Å². The van der Waals surface area contributed by atoms with Crippen molar-refractivity contribution < 1.29 is 24.4 Å². The smallest absolute Gasteiger partial charge is 0.126 e. The second kappa shape index (κ2) is 18.0. The number of thioether (sulfide) groups is 2. The van der Waals surface area contributed by atoms with Crippen LogP contribution in [-0.2, 0) is 52.1 Å². The van der Waals surface area contributed by atoms with Gasteiger partial charge in [-0.3, -0.25) is 0 Å². The van der Waals surface area contributed by atoms with Crippen molar-refractivity contribution in [3.63, 3.8) is 0 Å². The van der Waals surface area contributed by atoms with Gasteiger partial charge in [-0.2, -0.15) is 23.5 Å². The summed E-state index contributed by atoms with van der Waals surface area (Å²) < 4.78 is 19.8. The van der Waals surface area contributed by atoms with Gasteiger partial charge in [0, 0.05) is 48.7 Å². The summed E-state index contributed by atoms with van der Waals surface area (Å²) in [6.45, 7) is 29.5. The number of hydrogen-bond donors (Lipinski definition) is 2. The van der Waals surface area contributed by atoms with Crippen LogP contribution >= 0.6 is 23.5 Å². The molecule has 320 valence electrons. The Kier molecular flexibility index (Phi) is 13.8. The van der Waals surface area contributed by atoms with Crippen molar-refractivity contribution in [1.82, 2.24) is 0 Å². The van der Waals surface area contributed by atoms with Gasteiger partial charge in [0.25, 0.3) is 0 Å². The van der Waals surface area contributed by atoms with Crippen molar-refractivity contribution in [3.05, 3.63) is 115 Å². The fourth-order valence-corrected chi connectivity index (χ4v) is 9.25. The molecular weight excluding hydrogens is 769 g/mol. The van der Waals surface area contributed by atoms with Crippen molar-refractivity contribution in [3.8, 4) is 23.0 Å². The molecule has 2 N–H and O–H groups in total. The molecule has 2 aliphatic rings. The fraction of sp³-hybridized carbons (Fsp3) is 0.538. The van der Waals surface area contributed by atoms with Crippen LogP contribution in [0.25, 0.3) is 0 Å². The zero-order valence-electron chi connectivity index (χ0n) is 38.0. The second-order valence-electron chi connectivity index (χ2n) is 20.8. The van der Waals surface area contributed by atoms with Gasteiger partial charge in [0.05, 0.1) is 26.4 Å². The lowest BCUT2D eigenvalue weighted by atomic mass is 9.79. The van der Waals surface area contributed by atoms with E-state index in [9.17, 15) is 10.2 Å². The Balaban J connectivity index is 1.72. The predicted octanol–water partition coefficient (Wildman–Crippen LogP) is 12.2. The van der Waals surface area contributed by atoms with Crippen LogP contribution in [0, 0.1) is 0 Å². The topological polar surface area (TPSA) is 68.2 Å². The normalized spacial score (nSPS) is 16.5. The lowest BCUT2D eigenvalue weighted by molar-refractivity contribution is 0.167. The van der Waals surface area contributed by atoms with E-state index >= 15 is 0 Å². The summed E-state index contributed by atoms with van der Waals surface area (Å²) in [5.41, 5.74) is 11.9. The highest BCUT2D eigenvalue weighted by Crippen LogP contribution is 2.44. The molecule has 7 heteroatoms. The number of fused-ring (bicyclic) bond motifs is 2. The molecule has 5 nitrogen and oxygen atoms in total. The van der Waals surface area contributed by atoms with Crippen LogP contribution < -0.4 is 9.47 Å². The van der Waals surface area contributed by atoms with Gasteiger partial charge < -0.3 is 24.4 Å². The highest BCUT2D eigenvalue weighted by atomic mass is 32.2.